The van der Waals surface area contributed by atoms with E-state index in [1.807, 2.05) is 0 Å². The number of methoxy groups -OCH3 is 1. The van der Waals surface area contributed by atoms with Crippen molar-refractivity contribution in [3.8, 4) is 0 Å². The molecule has 0 saturated carbocycles. The molecule has 1 aliphatic rings. The zero-order chi connectivity index (χ0) is 10.1. The number of hydrogen-bond acceptors (Lipinski definition) is 3. The van der Waals surface area contributed by atoms with Gasteiger partial charge >= 0.3 is 5.97 Å². The lowest BCUT2D eigenvalue weighted by molar-refractivity contribution is -0.141. The summed E-state index contributed by atoms with van der Waals surface area (Å²) in [5.41, 5.74) is 1.48. The first-order chi connectivity index (χ1) is 6.72. The number of carbonyl (C=O) groups is 1. The van der Waals surface area contributed by atoms with Gasteiger partial charge in [-0.15, -0.1) is 0 Å². The van der Waals surface area contributed by atoms with Gasteiger partial charge in [-0.25, -0.2) is 4.39 Å². The van der Waals surface area contributed by atoms with Crippen molar-refractivity contribution >= 4 is 11.7 Å². The minimum absolute atomic E-state index is 0.289. The van der Waals surface area contributed by atoms with Crippen LogP contribution in [0.1, 0.15) is 11.5 Å². The predicted octanol–water partition coefficient (Wildman–Crippen LogP) is 1.51. The topological polar surface area (TPSA) is 38.3 Å². The van der Waals surface area contributed by atoms with Crippen LogP contribution in [0.25, 0.3) is 0 Å². The van der Waals surface area contributed by atoms with Crippen molar-refractivity contribution < 1.29 is 13.9 Å². The molecule has 1 aromatic rings. The van der Waals surface area contributed by atoms with E-state index < -0.39 is 0 Å². The minimum atomic E-state index is -0.310. The average molecular weight is 195 g/mol. The van der Waals surface area contributed by atoms with Crippen molar-refractivity contribution in [2.75, 3.05) is 19.0 Å². The van der Waals surface area contributed by atoms with E-state index in [4.69, 9.17) is 0 Å². The summed E-state index contributed by atoms with van der Waals surface area (Å²) in [6, 6.07) is 4.35. The molecule has 1 aliphatic heterocycles. The molecule has 1 unspecified atom stereocenters. The van der Waals surface area contributed by atoms with Crippen molar-refractivity contribution in [1.82, 2.24) is 0 Å². The standard InChI is InChI=1S/C10H10FNO2/c1-14-10(13)8-5-12-9-4-6(11)2-3-7(8)9/h2-4,8,12H,5H2,1H3. The van der Waals surface area contributed by atoms with Gasteiger partial charge in [-0.1, -0.05) is 6.07 Å². The number of ether oxygens (including phenoxy) is 1. The molecule has 1 atom stereocenters. The molecule has 0 fully saturated rings. The highest BCUT2D eigenvalue weighted by molar-refractivity contribution is 5.83. The SMILES string of the molecule is COC(=O)C1CNc2cc(F)ccc21. The van der Waals surface area contributed by atoms with E-state index in [0.717, 1.165) is 5.56 Å². The Morgan fingerprint density at radius 1 is 1.64 bits per heavy atom. The zero-order valence-electron chi connectivity index (χ0n) is 7.71. The highest BCUT2D eigenvalue weighted by atomic mass is 19.1. The number of fused-ring (bicyclic) bond motifs is 1. The molecular weight excluding hydrogens is 185 g/mol. The molecule has 1 aromatic carbocycles. The highest BCUT2D eigenvalue weighted by Gasteiger charge is 2.29. The first kappa shape index (κ1) is 8.99. The van der Waals surface area contributed by atoms with E-state index in [9.17, 15) is 9.18 Å². The Hall–Kier alpha value is -1.58. The lowest BCUT2D eigenvalue weighted by Gasteiger charge is -2.06. The summed E-state index contributed by atoms with van der Waals surface area (Å²) >= 11 is 0. The molecule has 0 aliphatic carbocycles. The van der Waals surface area contributed by atoms with Crippen LogP contribution in [0, 0.1) is 5.82 Å². The Labute approximate surface area is 80.9 Å². The van der Waals surface area contributed by atoms with Crippen LogP contribution in [-0.4, -0.2) is 19.6 Å². The lowest BCUT2D eigenvalue weighted by Crippen LogP contribution is -2.15. The summed E-state index contributed by atoms with van der Waals surface area (Å²) in [4.78, 5) is 11.3. The summed E-state index contributed by atoms with van der Waals surface area (Å²) in [6.45, 7) is 0.478. The number of benzene rings is 1. The van der Waals surface area contributed by atoms with Crippen LogP contribution in [0.3, 0.4) is 0 Å². The number of anilines is 1. The minimum Gasteiger partial charge on any atom is -0.468 e. The fraction of sp³-hybridized carbons (Fsp3) is 0.300. The molecule has 0 aromatic heterocycles. The van der Waals surface area contributed by atoms with Gasteiger partial charge < -0.3 is 10.1 Å². The number of rotatable bonds is 1. The van der Waals surface area contributed by atoms with Crippen LogP contribution >= 0.6 is 0 Å². The Balaban J connectivity index is 2.35. The van der Waals surface area contributed by atoms with Crippen LogP contribution in [0.5, 0.6) is 0 Å². The number of nitrogens with one attached hydrogen (secondary N) is 1. The first-order valence-corrected chi connectivity index (χ1v) is 4.33. The summed E-state index contributed by atoms with van der Waals surface area (Å²) in [5, 5.41) is 2.97. The van der Waals surface area contributed by atoms with Gasteiger partial charge in [0, 0.05) is 12.2 Å². The molecule has 14 heavy (non-hydrogen) atoms. The fourth-order valence-corrected chi connectivity index (χ4v) is 1.66. The third kappa shape index (κ3) is 1.32. The quantitative estimate of drug-likeness (QED) is 0.690. The largest absolute Gasteiger partial charge is 0.468 e. The second-order valence-corrected chi connectivity index (χ2v) is 3.19. The number of hydrogen-bond donors (Lipinski definition) is 1. The van der Waals surface area contributed by atoms with Crippen molar-refractivity contribution in [2.24, 2.45) is 0 Å². The van der Waals surface area contributed by atoms with E-state index in [1.54, 1.807) is 6.07 Å². The average Bonchev–Trinajstić information content (AvgIpc) is 2.59. The molecule has 1 N–H and O–H groups in total. The van der Waals surface area contributed by atoms with Gasteiger partial charge in [0.15, 0.2) is 0 Å². The molecule has 0 bridgehead atoms. The van der Waals surface area contributed by atoms with Crippen LogP contribution in [0.2, 0.25) is 0 Å². The molecule has 0 saturated heterocycles. The maximum atomic E-state index is 12.8. The van der Waals surface area contributed by atoms with Crippen LogP contribution in [-0.2, 0) is 9.53 Å². The zero-order valence-corrected chi connectivity index (χ0v) is 7.71. The van der Waals surface area contributed by atoms with Gasteiger partial charge in [0.1, 0.15) is 11.7 Å². The van der Waals surface area contributed by atoms with Crippen molar-refractivity contribution in [3.63, 3.8) is 0 Å². The Morgan fingerprint density at radius 3 is 3.14 bits per heavy atom. The molecule has 3 nitrogen and oxygen atoms in total. The summed E-state index contributed by atoms with van der Waals surface area (Å²) in [7, 11) is 1.35. The second-order valence-electron chi connectivity index (χ2n) is 3.19. The summed E-state index contributed by atoms with van der Waals surface area (Å²) in [5.74, 6) is -0.903. The number of halogens is 1. The first-order valence-electron chi connectivity index (χ1n) is 4.33. The maximum absolute atomic E-state index is 12.8. The monoisotopic (exact) mass is 195 g/mol. The van der Waals surface area contributed by atoms with Crippen LogP contribution in [0.15, 0.2) is 18.2 Å². The number of carbonyl (C=O) groups excluding carboxylic acids is 1. The van der Waals surface area contributed by atoms with Crippen molar-refractivity contribution in [1.29, 1.82) is 0 Å². The predicted molar refractivity (Wildman–Crippen MR) is 49.6 cm³/mol. The Morgan fingerprint density at radius 2 is 2.43 bits per heavy atom. The molecule has 1 heterocycles. The summed E-state index contributed by atoms with van der Waals surface area (Å²) < 4.78 is 17.5. The van der Waals surface area contributed by atoms with Gasteiger partial charge in [0.2, 0.25) is 0 Å². The van der Waals surface area contributed by atoms with Gasteiger partial charge in [0.05, 0.1) is 7.11 Å². The summed E-state index contributed by atoms with van der Waals surface area (Å²) in [6.07, 6.45) is 0. The van der Waals surface area contributed by atoms with Crippen LogP contribution < -0.4 is 5.32 Å². The third-order valence-electron chi connectivity index (χ3n) is 2.37. The van der Waals surface area contributed by atoms with E-state index in [2.05, 4.69) is 10.1 Å². The molecular formula is C10H10FNO2. The lowest BCUT2D eigenvalue weighted by atomic mass is 10.0. The molecule has 4 heteroatoms. The molecule has 0 radical (unpaired) electrons. The van der Waals surface area contributed by atoms with Crippen molar-refractivity contribution in [2.45, 2.75) is 5.92 Å². The number of esters is 1. The third-order valence-corrected chi connectivity index (χ3v) is 2.37. The van der Waals surface area contributed by atoms with Gasteiger partial charge in [-0.2, -0.15) is 0 Å². The van der Waals surface area contributed by atoms with E-state index in [-0.39, 0.29) is 17.7 Å². The van der Waals surface area contributed by atoms with E-state index in [1.165, 1.54) is 19.2 Å². The van der Waals surface area contributed by atoms with Crippen molar-refractivity contribution in [3.05, 3.63) is 29.6 Å². The normalized spacial score (nSPS) is 18.6. The van der Waals surface area contributed by atoms with Gasteiger partial charge in [-0.3, -0.25) is 4.79 Å². The van der Waals surface area contributed by atoms with E-state index >= 15 is 0 Å². The molecule has 74 valence electrons. The molecule has 2 rings (SSSR count). The van der Waals surface area contributed by atoms with E-state index in [0.29, 0.717) is 12.2 Å². The Kier molecular flexibility index (Phi) is 2.11. The highest BCUT2D eigenvalue weighted by Crippen LogP contribution is 2.32. The second kappa shape index (κ2) is 3.29. The van der Waals surface area contributed by atoms with Crippen LogP contribution in [0.4, 0.5) is 10.1 Å². The Bertz CT molecular complexity index is 378. The molecule has 0 amide bonds. The fourth-order valence-electron chi connectivity index (χ4n) is 1.66. The smallest absolute Gasteiger partial charge is 0.315 e. The van der Waals surface area contributed by atoms with Gasteiger partial charge in [-0.05, 0) is 17.7 Å². The maximum Gasteiger partial charge on any atom is 0.315 e. The van der Waals surface area contributed by atoms with Gasteiger partial charge in [0.25, 0.3) is 0 Å². The molecule has 0 spiro atoms.